The number of nitrogens with one attached hydrogen (secondary N) is 2. The van der Waals surface area contributed by atoms with E-state index >= 15 is 0 Å². The number of ether oxygens (including phenoxy) is 1. The van der Waals surface area contributed by atoms with E-state index in [2.05, 4.69) is 17.2 Å². The molecular formula is C8H13ClN2O2. The van der Waals surface area contributed by atoms with Crippen LogP contribution in [-0.2, 0) is 9.53 Å². The molecule has 0 radical (unpaired) electrons. The molecule has 5 heteroatoms. The SMILES string of the molecule is C=C(Cl)CNC(=O)[C@@H]1CNCCO1. The van der Waals surface area contributed by atoms with E-state index in [1.54, 1.807) is 0 Å². The maximum Gasteiger partial charge on any atom is 0.250 e. The van der Waals surface area contributed by atoms with Gasteiger partial charge in [-0.25, -0.2) is 0 Å². The third kappa shape index (κ3) is 3.76. The summed E-state index contributed by atoms with van der Waals surface area (Å²) in [6.45, 7) is 5.68. The third-order valence-corrected chi connectivity index (χ3v) is 1.81. The lowest BCUT2D eigenvalue weighted by Gasteiger charge is -2.22. The van der Waals surface area contributed by atoms with Crippen LogP contribution in [0.3, 0.4) is 0 Å². The van der Waals surface area contributed by atoms with E-state index in [0.717, 1.165) is 6.54 Å². The summed E-state index contributed by atoms with van der Waals surface area (Å²) in [6, 6.07) is 0. The zero-order valence-electron chi connectivity index (χ0n) is 7.31. The number of morpholine rings is 1. The van der Waals surface area contributed by atoms with Crippen molar-refractivity contribution in [3.8, 4) is 0 Å². The predicted octanol–water partition coefficient (Wildman–Crippen LogP) is -0.157. The Kier molecular flexibility index (Phi) is 4.21. The van der Waals surface area contributed by atoms with Crippen LogP contribution in [0.25, 0.3) is 0 Å². The fourth-order valence-electron chi connectivity index (χ4n) is 1.03. The quantitative estimate of drug-likeness (QED) is 0.672. The summed E-state index contributed by atoms with van der Waals surface area (Å²) in [4.78, 5) is 11.3. The Morgan fingerprint density at radius 2 is 2.54 bits per heavy atom. The molecule has 1 fully saturated rings. The van der Waals surface area contributed by atoms with E-state index < -0.39 is 6.10 Å². The van der Waals surface area contributed by atoms with Crippen LogP contribution in [0.2, 0.25) is 0 Å². The maximum atomic E-state index is 11.3. The summed E-state index contributed by atoms with van der Waals surface area (Å²) in [5.74, 6) is -0.144. The van der Waals surface area contributed by atoms with Gasteiger partial charge >= 0.3 is 0 Å². The summed E-state index contributed by atoms with van der Waals surface area (Å²) < 4.78 is 5.22. The van der Waals surface area contributed by atoms with Gasteiger partial charge in [0, 0.05) is 18.1 Å². The number of carbonyl (C=O) groups excluding carboxylic acids is 1. The van der Waals surface area contributed by atoms with Crippen molar-refractivity contribution in [3.05, 3.63) is 11.6 Å². The Bertz CT molecular complexity index is 202. The van der Waals surface area contributed by atoms with E-state index in [4.69, 9.17) is 16.3 Å². The Balaban J connectivity index is 2.25. The number of halogens is 1. The van der Waals surface area contributed by atoms with Crippen molar-refractivity contribution in [3.63, 3.8) is 0 Å². The molecule has 0 spiro atoms. The Labute approximate surface area is 82.3 Å². The highest BCUT2D eigenvalue weighted by Crippen LogP contribution is 1.97. The standard InChI is InChI=1S/C8H13ClN2O2/c1-6(9)4-11-8(12)7-5-10-2-3-13-7/h7,10H,1-5H2,(H,11,12)/t7-/m0/s1. The topological polar surface area (TPSA) is 50.4 Å². The molecule has 1 rings (SSSR count). The van der Waals surface area contributed by atoms with Crippen LogP contribution in [-0.4, -0.2) is 38.3 Å². The molecule has 0 aromatic rings. The predicted molar refractivity (Wildman–Crippen MR) is 50.6 cm³/mol. The van der Waals surface area contributed by atoms with Crippen molar-refractivity contribution < 1.29 is 9.53 Å². The normalized spacial score (nSPS) is 22.4. The fourth-order valence-corrected chi connectivity index (χ4v) is 1.10. The average molecular weight is 205 g/mol. The lowest BCUT2D eigenvalue weighted by molar-refractivity contribution is -0.133. The van der Waals surface area contributed by atoms with Gasteiger partial charge < -0.3 is 15.4 Å². The van der Waals surface area contributed by atoms with Gasteiger partial charge in [-0.15, -0.1) is 0 Å². The highest BCUT2D eigenvalue weighted by Gasteiger charge is 2.20. The van der Waals surface area contributed by atoms with Crippen LogP contribution in [0, 0.1) is 0 Å². The number of hydrogen-bond donors (Lipinski definition) is 2. The molecule has 13 heavy (non-hydrogen) atoms. The molecule has 0 aliphatic carbocycles. The van der Waals surface area contributed by atoms with Crippen molar-refractivity contribution in [2.75, 3.05) is 26.2 Å². The lowest BCUT2D eigenvalue weighted by atomic mass is 10.3. The summed E-state index contributed by atoms with van der Waals surface area (Å²) in [7, 11) is 0. The minimum Gasteiger partial charge on any atom is -0.366 e. The van der Waals surface area contributed by atoms with Gasteiger partial charge in [-0.3, -0.25) is 4.79 Å². The first-order chi connectivity index (χ1) is 6.20. The van der Waals surface area contributed by atoms with E-state index in [0.29, 0.717) is 24.7 Å². The van der Waals surface area contributed by atoms with Gasteiger partial charge in [0.2, 0.25) is 0 Å². The third-order valence-electron chi connectivity index (χ3n) is 1.67. The van der Waals surface area contributed by atoms with Crippen molar-refractivity contribution in [2.24, 2.45) is 0 Å². The molecule has 1 amide bonds. The highest BCUT2D eigenvalue weighted by molar-refractivity contribution is 6.29. The smallest absolute Gasteiger partial charge is 0.250 e. The Morgan fingerprint density at radius 1 is 1.77 bits per heavy atom. The Hall–Kier alpha value is -0.580. The molecule has 0 saturated carbocycles. The number of amides is 1. The summed E-state index contributed by atoms with van der Waals surface area (Å²) >= 11 is 5.50. The van der Waals surface area contributed by atoms with E-state index in [1.807, 2.05) is 0 Å². The highest BCUT2D eigenvalue weighted by atomic mass is 35.5. The van der Waals surface area contributed by atoms with Crippen molar-refractivity contribution in [2.45, 2.75) is 6.10 Å². The van der Waals surface area contributed by atoms with Crippen LogP contribution in [0.15, 0.2) is 11.6 Å². The minimum absolute atomic E-state index is 0.144. The van der Waals surface area contributed by atoms with E-state index in [-0.39, 0.29) is 5.91 Å². The average Bonchev–Trinajstić information content (AvgIpc) is 2.15. The Morgan fingerprint density at radius 3 is 3.08 bits per heavy atom. The van der Waals surface area contributed by atoms with Gasteiger partial charge in [0.1, 0.15) is 6.10 Å². The second-order valence-corrected chi connectivity index (χ2v) is 3.33. The zero-order valence-corrected chi connectivity index (χ0v) is 8.06. The molecule has 0 unspecified atom stereocenters. The van der Waals surface area contributed by atoms with E-state index in [1.165, 1.54) is 0 Å². The molecule has 0 aromatic carbocycles. The monoisotopic (exact) mass is 204 g/mol. The minimum atomic E-state index is -0.398. The molecule has 74 valence electrons. The molecule has 2 N–H and O–H groups in total. The fraction of sp³-hybridized carbons (Fsp3) is 0.625. The van der Waals surface area contributed by atoms with Crippen LogP contribution < -0.4 is 10.6 Å². The van der Waals surface area contributed by atoms with Crippen molar-refractivity contribution in [1.82, 2.24) is 10.6 Å². The van der Waals surface area contributed by atoms with Crippen molar-refractivity contribution in [1.29, 1.82) is 0 Å². The summed E-state index contributed by atoms with van der Waals surface area (Å²) in [5.41, 5.74) is 0. The largest absolute Gasteiger partial charge is 0.366 e. The lowest BCUT2D eigenvalue weighted by Crippen LogP contribution is -2.48. The summed E-state index contributed by atoms with van der Waals surface area (Å²) in [5, 5.41) is 6.09. The molecule has 1 aliphatic rings. The zero-order chi connectivity index (χ0) is 9.68. The van der Waals surface area contributed by atoms with Gasteiger partial charge in [0.25, 0.3) is 5.91 Å². The molecule has 1 atom stereocenters. The number of hydrogen-bond acceptors (Lipinski definition) is 3. The van der Waals surface area contributed by atoms with E-state index in [9.17, 15) is 4.79 Å². The van der Waals surface area contributed by atoms with Crippen LogP contribution in [0.1, 0.15) is 0 Å². The van der Waals surface area contributed by atoms with Gasteiger partial charge in [0.15, 0.2) is 0 Å². The molecular weight excluding hydrogens is 192 g/mol. The van der Waals surface area contributed by atoms with Gasteiger partial charge in [-0.2, -0.15) is 0 Å². The molecule has 0 aromatic heterocycles. The first-order valence-electron chi connectivity index (χ1n) is 4.13. The summed E-state index contributed by atoms with van der Waals surface area (Å²) in [6.07, 6.45) is -0.398. The number of rotatable bonds is 3. The molecule has 1 heterocycles. The van der Waals surface area contributed by atoms with Gasteiger partial charge in [-0.1, -0.05) is 18.2 Å². The molecule has 1 saturated heterocycles. The van der Waals surface area contributed by atoms with Crippen LogP contribution >= 0.6 is 11.6 Å². The van der Waals surface area contributed by atoms with Gasteiger partial charge in [-0.05, 0) is 0 Å². The second-order valence-electron chi connectivity index (χ2n) is 2.80. The van der Waals surface area contributed by atoms with Gasteiger partial charge in [0.05, 0.1) is 13.2 Å². The molecule has 4 nitrogen and oxygen atoms in total. The molecule has 0 bridgehead atoms. The second kappa shape index (κ2) is 5.21. The van der Waals surface area contributed by atoms with Crippen LogP contribution in [0.4, 0.5) is 0 Å². The van der Waals surface area contributed by atoms with Crippen LogP contribution in [0.5, 0.6) is 0 Å². The van der Waals surface area contributed by atoms with Crippen molar-refractivity contribution >= 4 is 17.5 Å². The first kappa shape index (κ1) is 10.5. The number of carbonyl (C=O) groups is 1. The maximum absolute atomic E-state index is 11.3. The molecule has 1 aliphatic heterocycles. The first-order valence-corrected chi connectivity index (χ1v) is 4.51.